The Labute approximate surface area is 77.8 Å². The van der Waals surface area contributed by atoms with Gasteiger partial charge >= 0.3 is 0 Å². The summed E-state index contributed by atoms with van der Waals surface area (Å²) in [7, 11) is 0. The van der Waals surface area contributed by atoms with Gasteiger partial charge in [0.25, 0.3) is 0 Å². The van der Waals surface area contributed by atoms with Gasteiger partial charge in [0.15, 0.2) is 0 Å². The molecular weight excluding hydrogens is 170 g/mol. The van der Waals surface area contributed by atoms with Crippen LogP contribution in [-0.2, 0) is 0 Å². The Kier molecular flexibility index (Phi) is 2.99. The lowest BCUT2D eigenvalue weighted by Crippen LogP contribution is -2.23. The molecule has 1 aromatic heterocycles. The Bertz CT molecular complexity index is 373. The fourth-order valence-electron chi connectivity index (χ4n) is 1.25. The largest absolute Gasteiger partial charge is 0.359 e. The number of aryl methyl sites for hydroxylation is 1. The molecule has 0 amide bonds. The molecule has 0 aliphatic rings. The van der Waals surface area contributed by atoms with Crippen molar-refractivity contribution in [1.82, 2.24) is 4.98 Å². The van der Waals surface area contributed by atoms with E-state index < -0.39 is 0 Å². The minimum Gasteiger partial charge on any atom is -0.359 e. The molecule has 12 heavy (non-hydrogen) atoms. The zero-order valence-electron chi connectivity index (χ0n) is 7.74. The van der Waals surface area contributed by atoms with Crippen LogP contribution in [0.25, 0.3) is 11.1 Å². The molecular formula is C10H14ClN. The summed E-state index contributed by atoms with van der Waals surface area (Å²) < 4.78 is 0. The highest BCUT2D eigenvalue weighted by atomic mass is 35.5. The molecule has 0 bridgehead atoms. The van der Waals surface area contributed by atoms with Gasteiger partial charge in [0, 0.05) is 21.3 Å². The molecule has 1 nitrogen and oxygen atoms in total. The molecule has 0 aromatic carbocycles. The van der Waals surface area contributed by atoms with Gasteiger partial charge in [0.1, 0.15) is 0 Å². The van der Waals surface area contributed by atoms with Crippen LogP contribution in [0.4, 0.5) is 0 Å². The molecule has 0 fully saturated rings. The molecule has 0 radical (unpaired) electrons. The van der Waals surface area contributed by atoms with Gasteiger partial charge in [-0.1, -0.05) is 24.6 Å². The first-order valence-corrected chi connectivity index (χ1v) is 4.57. The first-order valence-electron chi connectivity index (χ1n) is 4.19. The first-order chi connectivity index (χ1) is 5.69. The van der Waals surface area contributed by atoms with Crippen molar-refractivity contribution in [2.24, 2.45) is 0 Å². The molecule has 1 aromatic rings. The van der Waals surface area contributed by atoms with E-state index in [2.05, 4.69) is 18.0 Å². The van der Waals surface area contributed by atoms with Gasteiger partial charge in [-0.2, -0.15) is 0 Å². The maximum atomic E-state index is 6.06. The highest BCUT2D eigenvalue weighted by Crippen LogP contribution is 2.03. The summed E-state index contributed by atoms with van der Waals surface area (Å²) in [6.07, 6.45) is 2.93. The number of aromatic amines is 1. The monoisotopic (exact) mass is 183 g/mol. The molecule has 0 aliphatic carbocycles. The van der Waals surface area contributed by atoms with Crippen LogP contribution >= 0.6 is 11.6 Å². The molecule has 1 N–H and O–H groups in total. The second-order valence-electron chi connectivity index (χ2n) is 2.83. The van der Waals surface area contributed by atoms with E-state index in [0.29, 0.717) is 0 Å². The van der Waals surface area contributed by atoms with E-state index in [1.165, 1.54) is 0 Å². The lowest BCUT2D eigenvalue weighted by molar-refractivity contribution is 1.21. The molecule has 0 saturated heterocycles. The van der Waals surface area contributed by atoms with E-state index in [9.17, 15) is 0 Å². The topological polar surface area (TPSA) is 15.8 Å². The summed E-state index contributed by atoms with van der Waals surface area (Å²) in [4.78, 5) is 3.25. The van der Waals surface area contributed by atoms with Gasteiger partial charge in [0.05, 0.1) is 0 Å². The third-order valence-corrected chi connectivity index (χ3v) is 2.35. The van der Waals surface area contributed by atoms with Gasteiger partial charge in [-0.15, -0.1) is 0 Å². The average molecular weight is 184 g/mol. The maximum Gasteiger partial charge on any atom is 0.0424 e. The molecule has 1 heterocycles. The van der Waals surface area contributed by atoms with Crippen LogP contribution in [0.1, 0.15) is 26.0 Å². The molecule has 0 atom stereocenters. The van der Waals surface area contributed by atoms with Crippen LogP contribution < -0.4 is 10.6 Å². The number of aromatic nitrogens is 1. The maximum absolute atomic E-state index is 6.06. The number of hydrogen-bond donors (Lipinski definition) is 1. The van der Waals surface area contributed by atoms with Crippen LogP contribution in [0.3, 0.4) is 0 Å². The van der Waals surface area contributed by atoms with E-state index in [1.54, 1.807) is 0 Å². The second kappa shape index (κ2) is 3.81. The summed E-state index contributed by atoms with van der Waals surface area (Å²) in [5, 5.41) is 3.19. The fourth-order valence-corrected chi connectivity index (χ4v) is 1.41. The Balaban J connectivity index is 3.53. The predicted molar refractivity (Wildman–Crippen MR) is 54.5 cm³/mol. The van der Waals surface area contributed by atoms with E-state index >= 15 is 0 Å². The molecule has 66 valence electrons. The lowest BCUT2D eigenvalue weighted by atomic mass is 10.3. The molecule has 0 unspecified atom stereocenters. The van der Waals surface area contributed by atoms with Crippen LogP contribution in [0.2, 0.25) is 0 Å². The Morgan fingerprint density at radius 3 is 2.83 bits per heavy atom. The van der Waals surface area contributed by atoms with Crippen LogP contribution in [0, 0.1) is 6.92 Å². The van der Waals surface area contributed by atoms with Crippen molar-refractivity contribution in [2.75, 3.05) is 0 Å². The Morgan fingerprint density at radius 2 is 2.33 bits per heavy atom. The van der Waals surface area contributed by atoms with Crippen LogP contribution in [0.15, 0.2) is 6.07 Å². The molecule has 0 aliphatic heterocycles. The van der Waals surface area contributed by atoms with Gasteiger partial charge in [0.2, 0.25) is 0 Å². The zero-order valence-corrected chi connectivity index (χ0v) is 8.50. The first kappa shape index (κ1) is 9.40. The number of H-pyrrole nitrogens is 1. The zero-order chi connectivity index (χ0) is 9.14. The standard InChI is InChI=1S/C10H14ClN/c1-4-9(11)8-6-7(3)12-10(8)5-2/h5-6,12H,4H2,1-3H3/b9-8+,10-5+. The van der Waals surface area contributed by atoms with E-state index in [0.717, 1.165) is 27.7 Å². The Hall–Kier alpha value is -0.690. The van der Waals surface area contributed by atoms with Crippen molar-refractivity contribution in [3.05, 3.63) is 22.3 Å². The van der Waals surface area contributed by atoms with E-state index in [1.807, 2.05) is 19.9 Å². The van der Waals surface area contributed by atoms with Crippen molar-refractivity contribution in [2.45, 2.75) is 27.2 Å². The number of rotatable bonds is 1. The number of nitrogens with one attached hydrogen (secondary N) is 1. The summed E-state index contributed by atoms with van der Waals surface area (Å²) in [6, 6.07) is 2.08. The Morgan fingerprint density at radius 1 is 1.67 bits per heavy atom. The minimum absolute atomic E-state index is 0.889. The van der Waals surface area contributed by atoms with Gasteiger partial charge < -0.3 is 4.98 Å². The van der Waals surface area contributed by atoms with Gasteiger partial charge in [-0.3, -0.25) is 0 Å². The van der Waals surface area contributed by atoms with Crippen molar-refractivity contribution >= 4 is 22.7 Å². The second-order valence-corrected chi connectivity index (χ2v) is 3.28. The molecule has 0 saturated carbocycles. The summed E-state index contributed by atoms with van der Waals surface area (Å²) in [6.45, 7) is 6.11. The quantitative estimate of drug-likeness (QED) is 0.685. The summed E-state index contributed by atoms with van der Waals surface area (Å²) >= 11 is 6.06. The number of halogens is 1. The lowest BCUT2D eigenvalue weighted by Gasteiger charge is -1.87. The van der Waals surface area contributed by atoms with E-state index in [-0.39, 0.29) is 0 Å². The molecule has 2 heteroatoms. The van der Waals surface area contributed by atoms with Crippen LogP contribution in [-0.4, -0.2) is 4.98 Å². The summed E-state index contributed by atoms with van der Waals surface area (Å²) in [5.74, 6) is 0. The van der Waals surface area contributed by atoms with E-state index in [4.69, 9.17) is 11.6 Å². The predicted octanol–water partition coefficient (Wildman–Crippen LogP) is 1.88. The normalized spacial score (nSPS) is 15.2. The SMILES string of the molecule is C/C=c1/[nH]c(C)c/c1=C(\Cl)CC. The highest BCUT2D eigenvalue weighted by Gasteiger charge is 1.95. The average Bonchev–Trinajstić information content (AvgIpc) is 2.45. The highest BCUT2D eigenvalue weighted by molar-refractivity contribution is 6.45. The fraction of sp³-hybridized carbons (Fsp3) is 0.400. The third kappa shape index (κ3) is 1.72. The van der Waals surface area contributed by atoms with Crippen molar-refractivity contribution in [1.29, 1.82) is 0 Å². The van der Waals surface area contributed by atoms with Crippen molar-refractivity contribution in [3.8, 4) is 0 Å². The summed E-state index contributed by atoms with van der Waals surface area (Å²) in [5.41, 5.74) is 1.16. The van der Waals surface area contributed by atoms with Gasteiger partial charge in [-0.05, 0) is 26.3 Å². The van der Waals surface area contributed by atoms with Gasteiger partial charge in [-0.25, -0.2) is 0 Å². The number of hydrogen-bond acceptors (Lipinski definition) is 0. The van der Waals surface area contributed by atoms with Crippen molar-refractivity contribution in [3.63, 3.8) is 0 Å². The third-order valence-electron chi connectivity index (χ3n) is 1.87. The molecule has 0 spiro atoms. The smallest absolute Gasteiger partial charge is 0.0424 e. The van der Waals surface area contributed by atoms with Crippen molar-refractivity contribution < 1.29 is 0 Å². The molecule has 1 rings (SSSR count). The van der Waals surface area contributed by atoms with Crippen LogP contribution in [0.5, 0.6) is 0 Å². The minimum atomic E-state index is 0.889.